The third-order valence-corrected chi connectivity index (χ3v) is 6.85. The van der Waals surface area contributed by atoms with E-state index in [0.717, 1.165) is 48.9 Å². The molecule has 0 saturated heterocycles. The van der Waals surface area contributed by atoms with Gasteiger partial charge in [0, 0.05) is 23.1 Å². The second-order valence-electron chi connectivity index (χ2n) is 7.84. The van der Waals surface area contributed by atoms with Crippen molar-refractivity contribution in [2.45, 2.75) is 0 Å². The van der Waals surface area contributed by atoms with E-state index < -0.39 is 0 Å². The van der Waals surface area contributed by atoms with Crippen LogP contribution >= 0.6 is 11.3 Å². The molecular formula is C26H22N6S. The van der Waals surface area contributed by atoms with Crippen molar-refractivity contribution >= 4 is 34.0 Å². The second-order valence-corrected chi connectivity index (χ2v) is 8.93. The normalized spacial score (nSPS) is 11.1. The molecule has 0 spiro atoms. The quantitative estimate of drug-likeness (QED) is 0.218. The van der Waals surface area contributed by atoms with E-state index in [1.807, 2.05) is 55.6 Å². The summed E-state index contributed by atoms with van der Waals surface area (Å²) in [5.41, 5.74) is 17.8. The number of fused-ring (bicyclic) bond motifs is 1. The van der Waals surface area contributed by atoms with Crippen LogP contribution in [-0.4, -0.2) is 21.2 Å². The Morgan fingerprint density at radius 3 is 1.88 bits per heavy atom. The minimum atomic E-state index is 0.0662. The first-order valence-electron chi connectivity index (χ1n) is 10.4. The first-order chi connectivity index (χ1) is 15.9. The van der Waals surface area contributed by atoms with Crippen molar-refractivity contribution in [3.05, 3.63) is 90.0 Å². The second kappa shape index (κ2) is 8.03. The lowest BCUT2D eigenvalue weighted by Gasteiger charge is -2.04. The van der Waals surface area contributed by atoms with Gasteiger partial charge in [0.05, 0.1) is 15.9 Å². The molecule has 162 valence electrons. The molecule has 6 nitrogen and oxygen atoms in total. The van der Waals surface area contributed by atoms with Crippen LogP contribution in [0.5, 0.6) is 0 Å². The van der Waals surface area contributed by atoms with Crippen LogP contribution in [0.4, 0.5) is 0 Å². The zero-order chi connectivity index (χ0) is 23.1. The molecule has 0 radical (unpaired) electrons. The van der Waals surface area contributed by atoms with Gasteiger partial charge in [-0.1, -0.05) is 54.6 Å². The van der Waals surface area contributed by atoms with Crippen LogP contribution in [0.3, 0.4) is 0 Å². The highest BCUT2D eigenvalue weighted by atomic mass is 32.1. The lowest BCUT2D eigenvalue weighted by molar-refractivity contribution is 0.963. The third-order valence-electron chi connectivity index (χ3n) is 5.72. The maximum atomic E-state index is 7.56. The van der Waals surface area contributed by atoms with Crippen LogP contribution in [0.2, 0.25) is 0 Å². The van der Waals surface area contributed by atoms with Crippen molar-refractivity contribution < 1.29 is 0 Å². The summed E-state index contributed by atoms with van der Waals surface area (Å²) < 4.78 is 2.12. The van der Waals surface area contributed by atoms with Crippen LogP contribution in [-0.2, 0) is 7.05 Å². The maximum Gasteiger partial charge on any atom is 0.150 e. The minimum Gasteiger partial charge on any atom is -0.384 e. The van der Waals surface area contributed by atoms with E-state index in [4.69, 9.17) is 27.3 Å². The van der Waals surface area contributed by atoms with Crippen LogP contribution in [0, 0.1) is 10.8 Å². The third kappa shape index (κ3) is 3.79. The zero-order valence-electron chi connectivity index (χ0n) is 18.0. The van der Waals surface area contributed by atoms with Gasteiger partial charge in [-0.25, -0.2) is 4.98 Å². The summed E-state index contributed by atoms with van der Waals surface area (Å²) in [4.78, 5) is 7.16. The number of nitrogens with two attached hydrogens (primary N) is 2. The van der Waals surface area contributed by atoms with Gasteiger partial charge in [-0.05, 0) is 41.0 Å². The van der Waals surface area contributed by atoms with Gasteiger partial charge in [0.25, 0.3) is 0 Å². The molecule has 0 unspecified atom stereocenters. The van der Waals surface area contributed by atoms with E-state index in [9.17, 15) is 0 Å². The molecule has 5 aromatic rings. The largest absolute Gasteiger partial charge is 0.384 e. The molecule has 33 heavy (non-hydrogen) atoms. The average molecular weight is 451 g/mol. The molecule has 5 rings (SSSR count). The van der Waals surface area contributed by atoms with Crippen molar-refractivity contribution in [3.63, 3.8) is 0 Å². The average Bonchev–Trinajstić information content (AvgIpc) is 3.44. The molecule has 2 aromatic heterocycles. The van der Waals surface area contributed by atoms with Gasteiger partial charge in [-0.15, -0.1) is 11.3 Å². The number of aromatic nitrogens is 2. The monoisotopic (exact) mass is 450 g/mol. The number of nitrogen functional groups attached to an aromatic ring is 2. The lowest BCUT2D eigenvalue weighted by Crippen LogP contribution is -2.10. The highest BCUT2D eigenvalue weighted by Crippen LogP contribution is 2.36. The number of benzene rings is 3. The molecule has 3 aromatic carbocycles. The number of nitrogens with one attached hydrogen (secondary N) is 2. The van der Waals surface area contributed by atoms with E-state index >= 15 is 0 Å². The predicted octanol–water partition coefficient (Wildman–Crippen LogP) is 5.20. The Morgan fingerprint density at radius 2 is 1.27 bits per heavy atom. The molecule has 2 heterocycles. The summed E-state index contributed by atoms with van der Waals surface area (Å²) in [7, 11) is 2.03. The summed E-state index contributed by atoms with van der Waals surface area (Å²) in [5, 5.41) is 15.1. The van der Waals surface area contributed by atoms with Crippen LogP contribution in [0.15, 0.2) is 78.9 Å². The Balaban J connectivity index is 1.48. The Hall–Kier alpha value is -4.23. The van der Waals surface area contributed by atoms with Gasteiger partial charge >= 0.3 is 0 Å². The fourth-order valence-electron chi connectivity index (χ4n) is 3.87. The summed E-state index contributed by atoms with van der Waals surface area (Å²) in [6.07, 6.45) is 0. The van der Waals surface area contributed by atoms with Crippen molar-refractivity contribution in [3.8, 4) is 32.3 Å². The first kappa shape index (κ1) is 20.7. The van der Waals surface area contributed by atoms with Gasteiger partial charge in [0.15, 0.2) is 5.82 Å². The number of hydrogen-bond donors (Lipinski definition) is 4. The van der Waals surface area contributed by atoms with Crippen molar-refractivity contribution in [1.82, 2.24) is 9.55 Å². The van der Waals surface area contributed by atoms with E-state index in [0.29, 0.717) is 5.56 Å². The Morgan fingerprint density at radius 1 is 0.727 bits per heavy atom. The fraction of sp³-hybridized carbons (Fsp3) is 0.0385. The van der Waals surface area contributed by atoms with E-state index in [1.165, 1.54) is 0 Å². The molecule has 6 N–H and O–H groups in total. The van der Waals surface area contributed by atoms with Crippen LogP contribution in [0.25, 0.3) is 43.3 Å². The van der Waals surface area contributed by atoms with Crippen molar-refractivity contribution in [1.29, 1.82) is 10.8 Å². The number of aryl methyl sites for hydroxylation is 1. The number of hydrogen-bond acceptors (Lipinski definition) is 4. The Kier molecular flexibility index (Phi) is 5.03. The smallest absolute Gasteiger partial charge is 0.150 e. The molecule has 0 saturated carbocycles. The fourth-order valence-corrected chi connectivity index (χ4v) is 4.91. The summed E-state index contributed by atoms with van der Waals surface area (Å²) in [5.74, 6) is 1.06. The van der Waals surface area contributed by atoms with Gasteiger partial charge in [0.1, 0.15) is 11.7 Å². The molecule has 0 amide bonds. The molecule has 7 heteroatoms. The topological polar surface area (TPSA) is 118 Å². The highest BCUT2D eigenvalue weighted by Gasteiger charge is 2.14. The SMILES string of the molecule is Cn1c(-c2ccc(-c3ccc(C(=N)N)cc3)s2)nc2cc(-c3ccc(C(=N)N)cc3)ccc21. The highest BCUT2D eigenvalue weighted by molar-refractivity contribution is 7.18. The Labute approximate surface area is 195 Å². The van der Waals surface area contributed by atoms with Gasteiger partial charge < -0.3 is 16.0 Å². The van der Waals surface area contributed by atoms with Gasteiger partial charge in [-0.2, -0.15) is 0 Å². The number of amidine groups is 2. The number of imidazole rings is 1. The number of nitrogens with zero attached hydrogens (tertiary/aromatic N) is 2. The van der Waals surface area contributed by atoms with Crippen LogP contribution in [0.1, 0.15) is 11.1 Å². The molecule has 0 aliphatic rings. The summed E-state index contributed by atoms with van der Waals surface area (Å²) >= 11 is 1.69. The molecular weight excluding hydrogens is 428 g/mol. The Bertz CT molecular complexity index is 1510. The first-order valence-corrected chi connectivity index (χ1v) is 11.2. The summed E-state index contributed by atoms with van der Waals surface area (Å²) in [6, 6.07) is 25.9. The van der Waals surface area contributed by atoms with E-state index in [-0.39, 0.29) is 11.7 Å². The van der Waals surface area contributed by atoms with Crippen molar-refractivity contribution in [2.24, 2.45) is 18.5 Å². The van der Waals surface area contributed by atoms with Crippen LogP contribution < -0.4 is 11.5 Å². The van der Waals surface area contributed by atoms with Gasteiger partial charge in [0.2, 0.25) is 0 Å². The maximum absolute atomic E-state index is 7.56. The number of rotatable bonds is 5. The van der Waals surface area contributed by atoms with E-state index in [1.54, 1.807) is 11.3 Å². The predicted molar refractivity (Wildman–Crippen MR) is 137 cm³/mol. The minimum absolute atomic E-state index is 0.0662. The molecule has 0 aliphatic heterocycles. The number of thiophene rings is 1. The van der Waals surface area contributed by atoms with E-state index in [2.05, 4.69) is 34.9 Å². The van der Waals surface area contributed by atoms with Crippen molar-refractivity contribution in [2.75, 3.05) is 0 Å². The summed E-state index contributed by atoms with van der Waals surface area (Å²) in [6.45, 7) is 0. The molecule has 0 fully saturated rings. The lowest BCUT2D eigenvalue weighted by atomic mass is 10.0. The van der Waals surface area contributed by atoms with Gasteiger partial charge in [-0.3, -0.25) is 10.8 Å². The molecule has 0 aliphatic carbocycles. The molecule has 0 bridgehead atoms. The standard InChI is InChI=1S/C26H22N6S/c1-32-21-11-10-19(15-2-6-17(7-3-15)24(27)28)14-20(21)31-26(32)23-13-12-22(33-23)16-4-8-18(9-5-16)25(29)30/h2-14H,1H3,(H3,27,28)(H3,29,30). The molecule has 0 atom stereocenters. The zero-order valence-corrected chi connectivity index (χ0v) is 18.8.